The predicted molar refractivity (Wildman–Crippen MR) is 46.0 cm³/mol. The van der Waals surface area contributed by atoms with Crippen molar-refractivity contribution in [2.45, 2.75) is 0 Å². The van der Waals surface area contributed by atoms with Gasteiger partial charge in [-0.25, -0.2) is 0 Å². The fourth-order valence-electron chi connectivity index (χ4n) is 6.64. The number of esters is 2. The highest BCUT2D eigenvalue weighted by Crippen LogP contribution is 2.93. The molecule has 3 heteroatoms. The number of ether oxygens (including phenoxy) is 1. The highest BCUT2D eigenvalue weighted by Gasteiger charge is 2.93. The first-order valence-corrected chi connectivity index (χ1v) is 6.06. The lowest BCUT2D eigenvalue weighted by atomic mass is 9.59. The maximum atomic E-state index is 11.7. The summed E-state index contributed by atoms with van der Waals surface area (Å²) in [7, 11) is 0. The molecule has 3 nitrogen and oxygen atoms in total. The summed E-state index contributed by atoms with van der Waals surface area (Å²) < 4.78 is 4.86. The van der Waals surface area contributed by atoms with Crippen LogP contribution < -0.4 is 0 Å². The minimum atomic E-state index is -0.185. The molecule has 0 aromatic rings. The van der Waals surface area contributed by atoms with Crippen LogP contribution in [0.2, 0.25) is 0 Å². The summed E-state index contributed by atoms with van der Waals surface area (Å²) in [6.07, 6.45) is 0. The van der Waals surface area contributed by atoms with Crippen LogP contribution in [0.3, 0.4) is 0 Å². The number of carbonyl (C=O) groups excluding carboxylic acids is 2. The van der Waals surface area contributed by atoms with Crippen molar-refractivity contribution < 1.29 is 14.3 Å². The van der Waals surface area contributed by atoms with Crippen LogP contribution in [-0.2, 0) is 14.3 Å². The molecule has 0 aromatic carbocycles. The van der Waals surface area contributed by atoms with E-state index in [0.29, 0.717) is 11.8 Å². The molecule has 0 radical (unpaired) electrons. The summed E-state index contributed by atoms with van der Waals surface area (Å²) in [4.78, 5) is 23.4. The summed E-state index contributed by atoms with van der Waals surface area (Å²) in [5.41, 5.74) is 0. The highest BCUT2D eigenvalue weighted by atomic mass is 16.6. The lowest BCUT2D eigenvalue weighted by molar-refractivity contribution is -0.154. The molecule has 15 heavy (non-hydrogen) atoms. The summed E-state index contributed by atoms with van der Waals surface area (Å²) in [6.45, 7) is 0. The Morgan fingerprint density at radius 2 is 0.933 bits per heavy atom. The number of rotatable bonds is 0. The third-order valence-corrected chi connectivity index (χ3v) is 6.57. The molecule has 0 amide bonds. The van der Waals surface area contributed by atoms with Gasteiger partial charge in [0.05, 0.1) is 11.8 Å². The maximum absolute atomic E-state index is 11.7. The van der Waals surface area contributed by atoms with E-state index in [1.807, 2.05) is 0 Å². The normalized spacial score (nSPS) is 78.1. The summed E-state index contributed by atoms with van der Waals surface area (Å²) >= 11 is 0. The van der Waals surface area contributed by atoms with Crippen LogP contribution in [0.15, 0.2) is 0 Å². The fraction of sp³-hybridized carbons (Fsp3) is 0.833. The van der Waals surface area contributed by atoms with Crippen molar-refractivity contribution >= 4 is 11.9 Å². The van der Waals surface area contributed by atoms with Gasteiger partial charge in [0.2, 0.25) is 0 Å². The number of hydrogen-bond acceptors (Lipinski definition) is 3. The van der Waals surface area contributed by atoms with Crippen LogP contribution in [-0.4, -0.2) is 11.9 Å². The third kappa shape index (κ3) is 0.409. The van der Waals surface area contributed by atoms with Gasteiger partial charge in [0, 0.05) is 0 Å². The Bertz CT molecular complexity index is 407. The average Bonchev–Trinajstić information content (AvgIpc) is 2.99. The second-order valence-corrected chi connectivity index (χ2v) is 6.41. The van der Waals surface area contributed by atoms with Gasteiger partial charge >= 0.3 is 11.9 Å². The van der Waals surface area contributed by atoms with E-state index in [9.17, 15) is 9.59 Å². The molecule has 1 saturated heterocycles. The number of hydrogen-bond donors (Lipinski definition) is 0. The van der Waals surface area contributed by atoms with Crippen LogP contribution in [0.25, 0.3) is 0 Å². The van der Waals surface area contributed by atoms with Crippen molar-refractivity contribution in [1.29, 1.82) is 0 Å². The van der Waals surface area contributed by atoms with Gasteiger partial charge in [0.15, 0.2) is 0 Å². The fourth-order valence-corrected chi connectivity index (χ4v) is 6.64. The Balaban J connectivity index is 1.65. The smallest absolute Gasteiger partial charge is 0.317 e. The molecule has 0 aromatic heterocycles. The zero-order valence-electron chi connectivity index (χ0n) is 8.00. The number of carbonyl (C=O) groups is 2. The Labute approximate surface area is 86.2 Å². The minimum Gasteiger partial charge on any atom is -0.393 e. The second-order valence-electron chi connectivity index (χ2n) is 6.41. The summed E-state index contributed by atoms with van der Waals surface area (Å²) in [6, 6.07) is 0. The Hall–Kier alpha value is -0.860. The van der Waals surface area contributed by atoms with E-state index in [1.165, 1.54) is 0 Å². The van der Waals surface area contributed by atoms with Gasteiger partial charge in [-0.3, -0.25) is 9.59 Å². The van der Waals surface area contributed by atoms with Crippen LogP contribution >= 0.6 is 0 Å². The maximum Gasteiger partial charge on any atom is 0.317 e. The number of cyclic esters (lactones) is 2. The molecule has 1 heterocycles. The molecular formula is C12H10O3. The first-order valence-electron chi connectivity index (χ1n) is 6.06. The molecule has 0 spiro atoms. The van der Waals surface area contributed by atoms with Crippen molar-refractivity contribution in [3.05, 3.63) is 0 Å². The third-order valence-electron chi connectivity index (χ3n) is 6.57. The second kappa shape index (κ2) is 1.48. The molecule has 7 aliphatic rings. The molecule has 7 fully saturated rings. The van der Waals surface area contributed by atoms with Crippen molar-refractivity contribution in [3.63, 3.8) is 0 Å². The lowest BCUT2D eigenvalue weighted by Gasteiger charge is -2.40. The minimum absolute atomic E-state index is 0.0116. The van der Waals surface area contributed by atoms with E-state index < -0.39 is 0 Å². The first-order chi connectivity index (χ1) is 7.30. The Morgan fingerprint density at radius 3 is 1.33 bits per heavy atom. The van der Waals surface area contributed by atoms with Crippen molar-refractivity contribution in [1.82, 2.24) is 0 Å². The standard InChI is InChI=1S/C12H10O3/c13-11-9-7-3-1-2-5(7)6(2)8(4(1)3)10(9)12(14)15-11/h1-10H. The van der Waals surface area contributed by atoms with Crippen LogP contribution in [0.1, 0.15) is 0 Å². The molecule has 2 bridgehead atoms. The van der Waals surface area contributed by atoms with Gasteiger partial charge < -0.3 is 4.74 Å². The van der Waals surface area contributed by atoms with Crippen molar-refractivity contribution in [2.24, 2.45) is 59.2 Å². The zero-order valence-corrected chi connectivity index (χ0v) is 8.00. The van der Waals surface area contributed by atoms with Gasteiger partial charge in [-0.15, -0.1) is 0 Å². The van der Waals surface area contributed by atoms with Crippen LogP contribution in [0, 0.1) is 59.2 Å². The van der Waals surface area contributed by atoms with Crippen molar-refractivity contribution in [3.8, 4) is 0 Å². The van der Waals surface area contributed by atoms with Gasteiger partial charge in [0.1, 0.15) is 0 Å². The van der Waals surface area contributed by atoms with Gasteiger partial charge in [-0.05, 0) is 47.3 Å². The molecule has 6 aliphatic carbocycles. The zero-order chi connectivity index (χ0) is 9.64. The van der Waals surface area contributed by atoms with Gasteiger partial charge in [-0.1, -0.05) is 0 Å². The molecule has 0 N–H and O–H groups in total. The molecule has 76 valence electrons. The Morgan fingerprint density at radius 1 is 0.600 bits per heavy atom. The van der Waals surface area contributed by atoms with E-state index in [0.717, 1.165) is 35.5 Å². The van der Waals surface area contributed by atoms with Crippen molar-refractivity contribution in [2.75, 3.05) is 0 Å². The largest absolute Gasteiger partial charge is 0.393 e. The molecule has 6 atom stereocenters. The van der Waals surface area contributed by atoms with Gasteiger partial charge in [-0.2, -0.15) is 0 Å². The lowest BCUT2D eigenvalue weighted by Crippen LogP contribution is -2.45. The van der Waals surface area contributed by atoms with E-state index in [4.69, 9.17) is 4.74 Å². The SMILES string of the molecule is O=C1OC(=O)C2C1C1C3C4C2C2C1C2C34. The predicted octanol–water partition coefficient (Wildman–Crippen LogP) is 0.300. The molecule has 6 saturated carbocycles. The monoisotopic (exact) mass is 202 g/mol. The van der Waals surface area contributed by atoms with Crippen LogP contribution in [0.4, 0.5) is 0 Å². The van der Waals surface area contributed by atoms with E-state index in [2.05, 4.69) is 0 Å². The highest BCUT2D eigenvalue weighted by molar-refractivity contribution is 5.98. The summed E-state index contributed by atoms with van der Waals surface area (Å²) in [5, 5.41) is 0. The van der Waals surface area contributed by atoms with E-state index >= 15 is 0 Å². The topological polar surface area (TPSA) is 43.4 Å². The molecule has 7 rings (SSSR count). The van der Waals surface area contributed by atoms with Gasteiger partial charge in [0.25, 0.3) is 0 Å². The molecule has 6 unspecified atom stereocenters. The average molecular weight is 202 g/mol. The quantitative estimate of drug-likeness (QED) is 0.419. The molecule has 1 aliphatic heterocycles. The Kier molecular flexibility index (Phi) is 0.659. The van der Waals surface area contributed by atoms with Crippen LogP contribution in [0.5, 0.6) is 0 Å². The summed E-state index contributed by atoms with van der Waals surface area (Å²) in [5.74, 6) is 5.90. The van der Waals surface area contributed by atoms with E-state index in [1.54, 1.807) is 0 Å². The molecular weight excluding hydrogens is 192 g/mol. The first kappa shape index (κ1) is 6.66. The van der Waals surface area contributed by atoms with E-state index in [-0.39, 0.29) is 23.8 Å².